The SMILES string of the molecule is O=C(COC(=O)[C@@H]1CCCN1S(=O)(=O)c1ccc(Cl)cc1)c1ccc(Cl)cc1. The van der Waals surface area contributed by atoms with Crippen LogP contribution >= 0.6 is 23.2 Å². The maximum absolute atomic E-state index is 12.8. The lowest BCUT2D eigenvalue weighted by Crippen LogP contribution is -2.41. The van der Waals surface area contributed by atoms with Crippen LogP contribution in [0, 0.1) is 0 Å². The Labute approximate surface area is 173 Å². The van der Waals surface area contributed by atoms with Gasteiger partial charge in [-0.25, -0.2) is 8.42 Å². The zero-order valence-electron chi connectivity index (χ0n) is 14.7. The third-order valence-corrected chi connectivity index (χ3v) is 6.83. The molecule has 0 spiro atoms. The topological polar surface area (TPSA) is 80.8 Å². The number of ether oxygens (including phenoxy) is 1. The van der Waals surface area contributed by atoms with Gasteiger partial charge in [-0.05, 0) is 61.4 Å². The summed E-state index contributed by atoms with van der Waals surface area (Å²) in [6.07, 6.45) is 0.860. The molecule has 0 bridgehead atoms. The summed E-state index contributed by atoms with van der Waals surface area (Å²) in [6, 6.07) is 11.0. The summed E-state index contributed by atoms with van der Waals surface area (Å²) in [6.45, 7) is -0.262. The fourth-order valence-corrected chi connectivity index (χ4v) is 4.86. The summed E-state index contributed by atoms with van der Waals surface area (Å²) >= 11 is 11.6. The van der Waals surface area contributed by atoms with Gasteiger partial charge >= 0.3 is 5.97 Å². The van der Waals surface area contributed by atoms with Crippen molar-refractivity contribution in [2.45, 2.75) is 23.8 Å². The number of esters is 1. The Morgan fingerprint density at radius 2 is 1.57 bits per heavy atom. The number of hydrogen-bond donors (Lipinski definition) is 0. The Morgan fingerprint density at radius 3 is 2.18 bits per heavy atom. The van der Waals surface area contributed by atoms with E-state index in [0.29, 0.717) is 28.5 Å². The first-order chi connectivity index (χ1) is 13.3. The van der Waals surface area contributed by atoms with Gasteiger partial charge in [0.05, 0.1) is 4.90 Å². The Kier molecular flexibility index (Phi) is 6.40. The van der Waals surface area contributed by atoms with Crippen LogP contribution in [-0.2, 0) is 19.6 Å². The molecule has 1 heterocycles. The van der Waals surface area contributed by atoms with E-state index >= 15 is 0 Å². The van der Waals surface area contributed by atoms with Gasteiger partial charge in [-0.15, -0.1) is 0 Å². The van der Waals surface area contributed by atoms with Crippen LogP contribution in [0.2, 0.25) is 10.0 Å². The summed E-state index contributed by atoms with van der Waals surface area (Å²) in [7, 11) is -3.87. The van der Waals surface area contributed by atoms with Crippen molar-refractivity contribution in [2.24, 2.45) is 0 Å². The van der Waals surface area contributed by atoms with Crippen LogP contribution in [-0.4, -0.2) is 43.7 Å². The fraction of sp³-hybridized carbons (Fsp3) is 0.263. The molecule has 2 aromatic rings. The Hall–Kier alpha value is -1.93. The van der Waals surface area contributed by atoms with Crippen LogP contribution in [0.3, 0.4) is 0 Å². The predicted molar refractivity (Wildman–Crippen MR) is 105 cm³/mol. The highest BCUT2D eigenvalue weighted by atomic mass is 35.5. The van der Waals surface area contributed by atoms with Gasteiger partial charge in [0, 0.05) is 22.2 Å². The second-order valence-electron chi connectivity index (χ2n) is 6.27. The molecule has 6 nitrogen and oxygen atoms in total. The largest absolute Gasteiger partial charge is 0.456 e. The molecule has 0 aliphatic carbocycles. The van der Waals surface area contributed by atoms with Gasteiger partial charge in [0.25, 0.3) is 0 Å². The molecule has 28 heavy (non-hydrogen) atoms. The van der Waals surface area contributed by atoms with Gasteiger partial charge in [0.15, 0.2) is 12.4 Å². The monoisotopic (exact) mass is 441 g/mol. The van der Waals surface area contributed by atoms with Crippen molar-refractivity contribution in [3.05, 3.63) is 64.1 Å². The summed E-state index contributed by atoms with van der Waals surface area (Å²) in [5.74, 6) is -1.13. The van der Waals surface area contributed by atoms with Gasteiger partial charge in [0.1, 0.15) is 6.04 Å². The van der Waals surface area contributed by atoms with Gasteiger partial charge in [-0.1, -0.05) is 23.2 Å². The minimum absolute atomic E-state index is 0.0499. The van der Waals surface area contributed by atoms with E-state index in [1.54, 1.807) is 12.1 Å². The van der Waals surface area contributed by atoms with Crippen molar-refractivity contribution in [1.29, 1.82) is 0 Å². The van der Waals surface area contributed by atoms with Crippen molar-refractivity contribution >= 4 is 45.0 Å². The molecule has 2 aromatic carbocycles. The van der Waals surface area contributed by atoms with E-state index in [1.165, 1.54) is 36.4 Å². The molecule has 0 aromatic heterocycles. The first-order valence-electron chi connectivity index (χ1n) is 8.52. The lowest BCUT2D eigenvalue weighted by atomic mass is 10.1. The number of ketones is 1. The highest BCUT2D eigenvalue weighted by Gasteiger charge is 2.40. The maximum Gasteiger partial charge on any atom is 0.324 e. The number of carbonyl (C=O) groups excluding carboxylic acids is 2. The third-order valence-electron chi connectivity index (χ3n) is 4.41. The quantitative estimate of drug-likeness (QED) is 0.505. The minimum Gasteiger partial charge on any atom is -0.456 e. The molecule has 0 N–H and O–H groups in total. The summed E-state index contributed by atoms with van der Waals surface area (Å²) in [5, 5.41) is 0.902. The second-order valence-corrected chi connectivity index (χ2v) is 9.03. The molecule has 1 fully saturated rings. The predicted octanol–water partition coefficient (Wildman–Crippen LogP) is 3.57. The molecule has 0 unspecified atom stereocenters. The number of nitrogens with zero attached hydrogens (tertiary/aromatic N) is 1. The van der Waals surface area contributed by atoms with Crippen LogP contribution < -0.4 is 0 Å². The smallest absolute Gasteiger partial charge is 0.324 e. The summed E-state index contributed by atoms with van der Waals surface area (Å²) in [5.41, 5.74) is 0.356. The number of rotatable bonds is 6. The molecule has 3 rings (SSSR count). The van der Waals surface area contributed by atoms with E-state index in [9.17, 15) is 18.0 Å². The normalized spacial score (nSPS) is 17.4. The van der Waals surface area contributed by atoms with Gasteiger partial charge in [-0.2, -0.15) is 4.31 Å². The van der Waals surface area contributed by atoms with Gasteiger partial charge in [0.2, 0.25) is 10.0 Å². The van der Waals surface area contributed by atoms with Crippen molar-refractivity contribution in [2.75, 3.05) is 13.2 Å². The second kappa shape index (κ2) is 8.61. The maximum atomic E-state index is 12.8. The van der Waals surface area contributed by atoms with E-state index in [4.69, 9.17) is 27.9 Å². The third kappa shape index (κ3) is 4.55. The first-order valence-corrected chi connectivity index (χ1v) is 10.7. The molecule has 0 amide bonds. The van der Waals surface area contributed by atoms with Crippen LogP contribution in [0.25, 0.3) is 0 Å². The van der Waals surface area contributed by atoms with Gasteiger partial charge in [-0.3, -0.25) is 9.59 Å². The van der Waals surface area contributed by atoms with Crippen molar-refractivity contribution < 1.29 is 22.7 Å². The molecule has 0 radical (unpaired) electrons. The number of halogens is 2. The molecular weight excluding hydrogens is 425 g/mol. The van der Waals surface area contributed by atoms with E-state index in [-0.39, 0.29) is 11.4 Å². The van der Waals surface area contributed by atoms with Crippen LogP contribution in [0.4, 0.5) is 0 Å². The molecule has 1 aliphatic rings. The number of benzene rings is 2. The van der Waals surface area contributed by atoms with E-state index in [2.05, 4.69) is 0 Å². The molecular formula is C19H17Cl2NO5S. The van der Waals surface area contributed by atoms with Crippen molar-refractivity contribution in [3.63, 3.8) is 0 Å². The summed E-state index contributed by atoms with van der Waals surface area (Å²) in [4.78, 5) is 24.6. The van der Waals surface area contributed by atoms with Crippen LogP contribution in [0.5, 0.6) is 0 Å². The standard InChI is InChI=1S/C19H17Cl2NO5S/c20-14-5-3-13(4-6-14)18(23)12-27-19(24)17-2-1-11-22(17)28(25,26)16-9-7-15(21)8-10-16/h3-10,17H,1-2,11-12H2/t17-/m0/s1. The number of carbonyl (C=O) groups is 2. The van der Waals surface area contributed by atoms with Crippen molar-refractivity contribution in [3.8, 4) is 0 Å². The fourth-order valence-electron chi connectivity index (χ4n) is 2.96. The number of sulfonamides is 1. The Morgan fingerprint density at radius 1 is 1.00 bits per heavy atom. The average molecular weight is 442 g/mol. The van der Waals surface area contributed by atoms with Crippen molar-refractivity contribution in [1.82, 2.24) is 4.31 Å². The number of hydrogen-bond acceptors (Lipinski definition) is 5. The molecule has 9 heteroatoms. The first kappa shape index (κ1) is 20.8. The van der Waals surface area contributed by atoms with E-state index in [0.717, 1.165) is 4.31 Å². The zero-order chi connectivity index (χ0) is 20.3. The molecule has 148 valence electrons. The Balaban J connectivity index is 1.68. The Bertz CT molecular complexity index is 974. The highest BCUT2D eigenvalue weighted by Crippen LogP contribution is 2.27. The number of Topliss-reactive ketones (excluding diaryl/α,β-unsaturated/α-hetero) is 1. The van der Waals surface area contributed by atoms with E-state index < -0.39 is 34.4 Å². The lowest BCUT2D eigenvalue weighted by molar-refractivity contribution is -0.146. The molecule has 1 saturated heterocycles. The average Bonchev–Trinajstić information content (AvgIpc) is 3.17. The van der Waals surface area contributed by atoms with E-state index in [1.807, 2.05) is 0 Å². The van der Waals surface area contributed by atoms with Crippen LogP contribution in [0.15, 0.2) is 53.4 Å². The summed E-state index contributed by atoms with van der Waals surface area (Å²) < 4.78 is 31.9. The minimum atomic E-state index is -3.87. The lowest BCUT2D eigenvalue weighted by Gasteiger charge is -2.22. The highest BCUT2D eigenvalue weighted by molar-refractivity contribution is 7.89. The zero-order valence-corrected chi connectivity index (χ0v) is 17.0. The van der Waals surface area contributed by atoms with Gasteiger partial charge < -0.3 is 4.74 Å². The van der Waals surface area contributed by atoms with Crippen LogP contribution in [0.1, 0.15) is 23.2 Å². The molecule has 1 atom stereocenters. The molecule has 1 aliphatic heterocycles. The molecule has 0 saturated carbocycles.